The molecule has 1 heterocycles. The molecule has 88 valence electrons. The highest BCUT2D eigenvalue weighted by molar-refractivity contribution is 5.92. The minimum absolute atomic E-state index is 0.199. The molecule has 1 rings (SSSR count). The van der Waals surface area contributed by atoms with Gasteiger partial charge in [0.15, 0.2) is 0 Å². The number of alkyl halides is 1. The van der Waals surface area contributed by atoms with Gasteiger partial charge in [-0.3, -0.25) is 9.78 Å². The standard InChI is InChI=1S/C11H15FN2O2/c1-11(2,12)9(7-15)14-10(16)8-5-3-4-6-13-8/h3-6,9,15H,7H2,1-2H3,(H,14,16). The smallest absolute Gasteiger partial charge is 0.270 e. The fourth-order valence-corrected chi connectivity index (χ4v) is 1.16. The summed E-state index contributed by atoms with van der Waals surface area (Å²) < 4.78 is 13.5. The lowest BCUT2D eigenvalue weighted by Crippen LogP contribution is -2.49. The summed E-state index contributed by atoms with van der Waals surface area (Å²) in [5.41, 5.74) is -1.48. The number of amides is 1. The summed E-state index contributed by atoms with van der Waals surface area (Å²) in [7, 11) is 0. The molecule has 0 aromatic carbocycles. The second-order valence-corrected chi connectivity index (χ2v) is 3.99. The maximum atomic E-state index is 13.5. The molecule has 16 heavy (non-hydrogen) atoms. The van der Waals surface area contributed by atoms with Crippen LogP contribution in [0.5, 0.6) is 0 Å². The van der Waals surface area contributed by atoms with E-state index in [1.165, 1.54) is 26.1 Å². The Morgan fingerprint density at radius 1 is 1.62 bits per heavy atom. The molecule has 1 unspecified atom stereocenters. The van der Waals surface area contributed by atoms with Gasteiger partial charge in [0.1, 0.15) is 11.4 Å². The van der Waals surface area contributed by atoms with Gasteiger partial charge in [0, 0.05) is 6.20 Å². The van der Waals surface area contributed by atoms with Crippen LogP contribution in [0.3, 0.4) is 0 Å². The Kier molecular flexibility index (Phi) is 3.95. The Balaban J connectivity index is 2.71. The molecule has 1 amide bonds. The number of aliphatic hydroxyl groups is 1. The molecule has 1 aromatic heterocycles. The van der Waals surface area contributed by atoms with E-state index < -0.39 is 24.2 Å². The fourth-order valence-electron chi connectivity index (χ4n) is 1.16. The number of carbonyl (C=O) groups is 1. The van der Waals surface area contributed by atoms with Gasteiger partial charge in [-0.1, -0.05) is 6.07 Å². The third-order valence-corrected chi connectivity index (χ3v) is 2.21. The number of carbonyl (C=O) groups excluding carboxylic acids is 1. The monoisotopic (exact) mass is 226 g/mol. The Morgan fingerprint density at radius 2 is 2.31 bits per heavy atom. The molecule has 0 aliphatic carbocycles. The van der Waals surface area contributed by atoms with Gasteiger partial charge in [-0.25, -0.2) is 4.39 Å². The lowest BCUT2D eigenvalue weighted by molar-refractivity contribution is 0.0721. The number of hydrogen-bond donors (Lipinski definition) is 2. The van der Waals surface area contributed by atoms with Gasteiger partial charge in [-0.2, -0.15) is 0 Å². The molecule has 1 atom stereocenters. The molecule has 1 aromatic rings. The highest BCUT2D eigenvalue weighted by Gasteiger charge is 2.30. The zero-order valence-corrected chi connectivity index (χ0v) is 9.27. The molecule has 0 aliphatic heterocycles. The van der Waals surface area contributed by atoms with Crippen LogP contribution in [-0.4, -0.2) is 34.3 Å². The maximum Gasteiger partial charge on any atom is 0.270 e. The van der Waals surface area contributed by atoms with Crippen molar-refractivity contribution in [1.82, 2.24) is 10.3 Å². The molecule has 0 bridgehead atoms. The van der Waals surface area contributed by atoms with E-state index in [2.05, 4.69) is 10.3 Å². The lowest BCUT2D eigenvalue weighted by atomic mass is 10.0. The summed E-state index contributed by atoms with van der Waals surface area (Å²) in [6, 6.07) is 3.92. The number of aromatic nitrogens is 1. The molecule has 0 aliphatic rings. The first-order chi connectivity index (χ1) is 7.45. The summed E-state index contributed by atoms with van der Waals surface area (Å²) in [4.78, 5) is 15.4. The summed E-state index contributed by atoms with van der Waals surface area (Å²) in [6.07, 6.45) is 1.48. The Morgan fingerprint density at radius 3 is 2.75 bits per heavy atom. The normalized spacial score (nSPS) is 13.2. The minimum Gasteiger partial charge on any atom is -0.394 e. The van der Waals surface area contributed by atoms with Crippen LogP contribution in [0.2, 0.25) is 0 Å². The van der Waals surface area contributed by atoms with Gasteiger partial charge in [0.05, 0.1) is 12.6 Å². The topological polar surface area (TPSA) is 62.2 Å². The molecule has 0 fully saturated rings. The number of halogens is 1. The predicted molar refractivity (Wildman–Crippen MR) is 57.8 cm³/mol. The first-order valence-corrected chi connectivity index (χ1v) is 4.97. The Labute approximate surface area is 93.5 Å². The van der Waals surface area contributed by atoms with Gasteiger partial charge in [0.25, 0.3) is 5.91 Å². The van der Waals surface area contributed by atoms with E-state index in [9.17, 15) is 9.18 Å². The van der Waals surface area contributed by atoms with Crippen LogP contribution in [-0.2, 0) is 0 Å². The van der Waals surface area contributed by atoms with Crippen LogP contribution < -0.4 is 5.32 Å². The van der Waals surface area contributed by atoms with E-state index >= 15 is 0 Å². The van der Waals surface area contributed by atoms with Gasteiger partial charge >= 0.3 is 0 Å². The Hall–Kier alpha value is -1.49. The lowest BCUT2D eigenvalue weighted by Gasteiger charge is -2.25. The van der Waals surface area contributed by atoms with Crippen LogP contribution in [0.4, 0.5) is 4.39 Å². The van der Waals surface area contributed by atoms with E-state index in [1.54, 1.807) is 12.1 Å². The second-order valence-electron chi connectivity index (χ2n) is 3.99. The van der Waals surface area contributed by atoms with Crippen molar-refractivity contribution in [3.05, 3.63) is 30.1 Å². The predicted octanol–water partition coefficient (Wildman–Crippen LogP) is 0.920. The number of rotatable bonds is 4. The molecule has 2 N–H and O–H groups in total. The maximum absolute atomic E-state index is 13.5. The van der Waals surface area contributed by atoms with Crippen LogP contribution in [0.25, 0.3) is 0 Å². The largest absolute Gasteiger partial charge is 0.394 e. The highest BCUT2D eigenvalue weighted by Crippen LogP contribution is 2.14. The molecule has 0 saturated carbocycles. The van der Waals surface area contributed by atoms with Crippen molar-refractivity contribution in [2.45, 2.75) is 25.6 Å². The van der Waals surface area contributed by atoms with E-state index in [4.69, 9.17) is 5.11 Å². The van der Waals surface area contributed by atoms with Crippen molar-refractivity contribution < 1.29 is 14.3 Å². The number of hydrogen-bond acceptors (Lipinski definition) is 3. The van der Waals surface area contributed by atoms with Crippen LogP contribution in [0, 0.1) is 0 Å². The fraction of sp³-hybridized carbons (Fsp3) is 0.455. The average Bonchev–Trinajstić information content (AvgIpc) is 2.25. The van der Waals surface area contributed by atoms with E-state index in [1.807, 2.05) is 0 Å². The zero-order valence-electron chi connectivity index (χ0n) is 9.27. The second kappa shape index (κ2) is 5.03. The van der Waals surface area contributed by atoms with Crippen LogP contribution >= 0.6 is 0 Å². The van der Waals surface area contributed by atoms with Crippen molar-refractivity contribution in [3.8, 4) is 0 Å². The molecular formula is C11H15FN2O2. The number of nitrogens with zero attached hydrogens (tertiary/aromatic N) is 1. The number of aliphatic hydroxyl groups excluding tert-OH is 1. The van der Waals surface area contributed by atoms with Gasteiger partial charge in [0.2, 0.25) is 0 Å². The minimum atomic E-state index is -1.68. The molecule has 0 spiro atoms. The highest BCUT2D eigenvalue weighted by atomic mass is 19.1. The van der Waals surface area contributed by atoms with Crippen LogP contribution in [0.15, 0.2) is 24.4 Å². The third-order valence-electron chi connectivity index (χ3n) is 2.21. The molecule has 4 nitrogen and oxygen atoms in total. The van der Waals surface area contributed by atoms with Crippen molar-refractivity contribution in [2.75, 3.05) is 6.61 Å². The summed E-state index contributed by atoms with van der Waals surface area (Å²) in [5, 5.41) is 11.4. The third kappa shape index (κ3) is 3.27. The number of nitrogens with one attached hydrogen (secondary N) is 1. The van der Waals surface area contributed by atoms with Crippen molar-refractivity contribution in [1.29, 1.82) is 0 Å². The quantitative estimate of drug-likeness (QED) is 0.802. The van der Waals surface area contributed by atoms with Crippen molar-refractivity contribution in [2.24, 2.45) is 0 Å². The SMILES string of the molecule is CC(C)(F)C(CO)NC(=O)c1ccccn1. The first kappa shape index (κ1) is 12.6. The van der Waals surface area contributed by atoms with Crippen LogP contribution in [0.1, 0.15) is 24.3 Å². The first-order valence-electron chi connectivity index (χ1n) is 4.97. The molecular weight excluding hydrogens is 211 g/mol. The summed E-state index contributed by atoms with van der Waals surface area (Å²) >= 11 is 0. The number of pyridine rings is 1. The molecule has 0 saturated heterocycles. The Bertz CT molecular complexity index is 349. The van der Waals surface area contributed by atoms with Gasteiger partial charge in [-0.05, 0) is 26.0 Å². The molecule has 5 heteroatoms. The zero-order chi connectivity index (χ0) is 12.2. The van der Waals surface area contributed by atoms with E-state index in [0.717, 1.165) is 0 Å². The average molecular weight is 226 g/mol. The summed E-state index contributed by atoms with van der Waals surface area (Å²) in [6.45, 7) is 2.14. The van der Waals surface area contributed by atoms with E-state index in [0.29, 0.717) is 0 Å². The molecule has 0 radical (unpaired) electrons. The summed E-state index contributed by atoms with van der Waals surface area (Å²) in [5.74, 6) is -0.495. The van der Waals surface area contributed by atoms with Gasteiger partial charge < -0.3 is 10.4 Å². The van der Waals surface area contributed by atoms with Gasteiger partial charge in [-0.15, -0.1) is 0 Å². The van der Waals surface area contributed by atoms with Crippen molar-refractivity contribution >= 4 is 5.91 Å². The van der Waals surface area contributed by atoms with E-state index in [-0.39, 0.29) is 5.69 Å². The van der Waals surface area contributed by atoms with Crippen molar-refractivity contribution in [3.63, 3.8) is 0 Å².